The molecule has 0 saturated carbocycles. The molecule has 1 aromatic rings. The molecule has 2 fully saturated rings. The topological polar surface area (TPSA) is 23.6 Å². The van der Waals surface area contributed by atoms with Gasteiger partial charge in [0, 0.05) is 41.4 Å². The molecule has 0 spiro atoms. The first-order chi connectivity index (χ1) is 9.65. The number of rotatable bonds is 2. The molecule has 0 bridgehead atoms. The Hall–Kier alpha value is -0.870. The molecular formula is C16H21BrN2O. The smallest absolute Gasteiger partial charge is 0.161 e. The van der Waals surface area contributed by atoms with Gasteiger partial charge in [-0.1, -0.05) is 15.9 Å². The lowest BCUT2D eigenvalue weighted by molar-refractivity contribution is 0.101. The molecule has 1 unspecified atom stereocenters. The number of anilines is 1. The molecule has 4 heteroatoms. The number of carbonyl (C=O) groups is 1. The monoisotopic (exact) mass is 336 g/mol. The first-order valence-electron chi connectivity index (χ1n) is 7.44. The molecule has 0 aliphatic carbocycles. The van der Waals surface area contributed by atoms with E-state index in [-0.39, 0.29) is 5.78 Å². The third-order valence-corrected chi connectivity index (χ3v) is 4.98. The van der Waals surface area contributed by atoms with Gasteiger partial charge in [0.05, 0.1) is 0 Å². The van der Waals surface area contributed by atoms with E-state index in [9.17, 15) is 4.79 Å². The van der Waals surface area contributed by atoms with Crippen LogP contribution in [0.25, 0.3) is 0 Å². The largest absolute Gasteiger partial charge is 0.369 e. The molecule has 0 N–H and O–H groups in total. The second kappa shape index (κ2) is 5.86. The Morgan fingerprint density at radius 1 is 1.25 bits per heavy atom. The van der Waals surface area contributed by atoms with Gasteiger partial charge in [-0.25, -0.2) is 0 Å². The molecule has 2 aliphatic heterocycles. The molecular weight excluding hydrogens is 316 g/mol. The van der Waals surface area contributed by atoms with Crippen molar-refractivity contribution in [3.8, 4) is 0 Å². The maximum Gasteiger partial charge on any atom is 0.161 e. The lowest BCUT2D eigenvalue weighted by Gasteiger charge is -2.28. The Morgan fingerprint density at radius 2 is 2.05 bits per heavy atom. The summed E-state index contributed by atoms with van der Waals surface area (Å²) in [5, 5.41) is 0. The van der Waals surface area contributed by atoms with Crippen molar-refractivity contribution in [2.75, 3.05) is 31.1 Å². The SMILES string of the molecule is CC(=O)c1cc(Br)ccc1N1CCCN2CCCC2C1. The average molecular weight is 337 g/mol. The van der Waals surface area contributed by atoms with E-state index in [2.05, 4.69) is 31.8 Å². The summed E-state index contributed by atoms with van der Waals surface area (Å²) in [6, 6.07) is 6.75. The number of Topliss-reactive ketones (excluding diaryl/α,β-unsaturated/α-hetero) is 1. The van der Waals surface area contributed by atoms with Gasteiger partial charge >= 0.3 is 0 Å². The van der Waals surface area contributed by atoms with Crippen LogP contribution in [0, 0.1) is 0 Å². The summed E-state index contributed by atoms with van der Waals surface area (Å²) in [6.45, 7) is 6.22. The van der Waals surface area contributed by atoms with Gasteiger partial charge in [-0.05, 0) is 50.9 Å². The van der Waals surface area contributed by atoms with Crippen LogP contribution in [0.3, 0.4) is 0 Å². The van der Waals surface area contributed by atoms with Crippen LogP contribution in [0.15, 0.2) is 22.7 Å². The van der Waals surface area contributed by atoms with Crippen molar-refractivity contribution in [1.82, 2.24) is 4.90 Å². The zero-order chi connectivity index (χ0) is 14.1. The summed E-state index contributed by atoms with van der Waals surface area (Å²) in [4.78, 5) is 17.0. The molecule has 1 atom stereocenters. The van der Waals surface area contributed by atoms with Crippen molar-refractivity contribution in [3.05, 3.63) is 28.2 Å². The zero-order valence-corrected chi connectivity index (χ0v) is 13.5. The Balaban J connectivity index is 1.89. The fourth-order valence-electron chi connectivity index (χ4n) is 3.49. The van der Waals surface area contributed by atoms with Crippen molar-refractivity contribution < 1.29 is 4.79 Å². The molecule has 2 aliphatic rings. The summed E-state index contributed by atoms with van der Waals surface area (Å²) in [7, 11) is 0. The van der Waals surface area contributed by atoms with Crippen LogP contribution in [0.4, 0.5) is 5.69 Å². The minimum atomic E-state index is 0.147. The third-order valence-electron chi connectivity index (χ3n) is 4.48. The molecule has 20 heavy (non-hydrogen) atoms. The quantitative estimate of drug-likeness (QED) is 0.774. The second-order valence-corrected chi connectivity index (χ2v) is 6.76. The van der Waals surface area contributed by atoms with Gasteiger partial charge in [0.15, 0.2) is 5.78 Å². The number of nitrogens with zero attached hydrogens (tertiary/aromatic N) is 2. The van der Waals surface area contributed by atoms with Crippen LogP contribution in [-0.2, 0) is 0 Å². The number of hydrogen-bond acceptors (Lipinski definition) is 3. The van der Waals surface area contributed by atoms with Crippen LogP contribution in [0.5, 0.6) is 0 Å². The summed E-state index contributed by atoms with van der Waals surface area (Å²) >= 11 is 3.47. The maximum absolute atomic E-state index is 11.9. The minimum Gasteiger partial charge on any atom is -0.369 e. The van der Waals surface area contributed by atoms with E-state index < -0.39 is 0 Å². The van der Waals surface area contributed by atoms with Crippen molar-refractivity contribution in [2.45, 2.75) is 32.2 Å². The molecule has 1 aromatic carbocycles. The number of halogens is 1. The Kier molecular flexibility index (Phi) is 4.13. The summed E-state index contributed by atoms with van der Waals surface area (Å²) in [5.74, 6) is 0.147. The van der Waals surface area contributed by atoms with Crippen LogP contribution >= 0.6 is 15.9 Å². The highest BCUT2D eigenvalue weighted by atomic mass is 79.9. The summed E-state index contributed by atoms with van der Waals surface area (Å²) < 4.78 is 0.976. The van der Waals surface area contributed by atoms with Crippen LogP contribution in [-0.4, -0.2) is 42.9 Å². The average Bonchev–Trinajstić information content (AvgIpc) is 2.76. The van der Waals surface area contributed by atoms with E-state index >= 15 is 0 Å². The van der Waals surface area contributed by atoms with Gasteiger partial charge < -0.3 is 4.90 Å². The van der Waals surface area contributed by atoms with E-state index in [4.69, 9.17) is 0 Å². The first kappa shape index (κ1) is 14.1. The predicted octanol–water partition coefficient (Wildman–Crippen LogP) is 3.33. The molecule has 2 heterocycles. The Morgan fingerprint density at radius 3 is 2.85 bits per heavy atom. The first-order valence-corrected chi connectivity index (χ1v) is 8.24. The molecule has 0 radical (unpaired) electrons. The molecule has 3 rings (SSSR count). The molecule has 0 amide bonds. The van der Waals surface area contributed by atoms with E-state index in [1.54, 1.807) is 6.92 Å². The van der Waals surface area contributed by atoms with Gasteiger partial charge in [0.1, 0.15) is 0 Å². The number of hydrogen-bond donors (Lipinski definition) is 0. The molecule has 108 valence electrons. The van der Waals surface area contributed by atoms with Crippen molar-refractivity contribution in [3.63, 3.8) is 0 Å². The molecule has 0 aromatic heterocycles. The summed E-state index contributed by atoms with van der Waals surface area (Å²) in [6.07, 6.45) is 3.80. The Labute approximate surface area is 129 Å². The van der Waals surface area contributed by atoms with Crippen molar-refractivity contribution in [2.24, 2.45) is 0 Å². The predicted molar refractivity (Wildman–Crippen MR) is 85.6 cm³/mol. The Bertz CT molecular complexity index is 517. The van der Waals surface area contributed by atoms with Crippen molar-refractivity contribution >= 4 is 27.4 Å². The second-order valence-electron chi connectivity index (χ2n) is 5.85. The van der Waals surface area contributed by atoms with Crippen LogP contribution < -0.4 is 4.90 Å². The van der Waals surface area contributed by atoms with Crippen LogP contribution in [0.2, 0.25) is 0 Å². The highest BCUT2D eigenvalue weighted by molar-refractivity contribution is 9.10. The molecule has 3 nitrogen and oxygen atoms in total. The number of carbonyl (C=O) groups excluding carboxylic acids is 1. The van der Waals surface area contributed by atoms with Gasteiger partial charge in [-0.2, -0.15) is 0 Å². The van der Waals surface area contributed by atoms with E-state index in [1.165, 1.54) is 32.4 Å². The fraction of sp³-hybridized carbons (Fsp3) is 0.562. The van der Waals surface area contributed by atoms with E-state index in [0.29, 0.717) is 6.04 Å². The maximum atomic E-state index is 11.9. The van der Waals surface area contributed by atoms with Crippen LogP contribution in [0.1, 0.15) is 36.5 Å². The van der Waals surface area contributed by atoms with E-state index in [1.807, 2.05) is 12.1 Å². The lowest BCUT2D eigenvalue weighted by Crippen LogP contribution is -2.37. The van der Waals surface area contributed by atoms with Crippen molar-refractivity contribution in [1.29, 1.82) is 0 Å². The highest BCUT2D eigenvalue weighted by Crippen LogP contribution is 2.29. The number of fused-ring (bicyclic) bond motifs is 1. The third kappa shape index (κ3) is 2.77. The number of ketones is 1. The van der Waals surface area contributed by atoms with Gasteiger partial charge in [0.25, 0.3) is 0 Å². The lowest BCUT2D eigenvalue weighted by atomic mass is 10.1. The minimum absolute atomic E-state index is 0.147. The standard InChI is InChI=1S/C16H21BrN2O/c1-12(20)15-10-13(17)5-6-16(15)19-9-3-8-18-7-2-4-14(18)11-19/h5-6,10,14H,2-4,7-9,11H2,1H3. The van der Waals surface area contributed by atoms with Gasteiger partial charge in [0.2, 0.25) is 0 Å². The van der Waals surface area contributed by atoms with Gasteiger partial charge in [-0.15, -0.1) is 0 Å². The van der Waals surface area contributed by atoms with E-state index in [0.717, 1.165) is 28.8 Å². The zero-order valence-electron chi connectivity index (χ0n) is 11.9. The highest BCUT2D eigenvalue weighted by Gasteiger charge is 2.29. The molecule has 2 saturated heterocycles. The van der Waals surface area contributed by atoms with Gasteiger partial charge in [-0.3, -0.25) is 9.69 Å². The normalized spacial score (nSPS) is 23.5. The number of benzene rings is 1. The fourth-order valence-corrected chi connectivity index (χ4v) is 3.85. The summed E-state index contributed by atoms with van der Waals surface area (Å²) in [5.41, 5.74) is 1.94.